The van der Waals surface area contributed by atoms with Gasteiger partial charge in [-0.2, -0.15) is 0 Å². The van der Waals surface area contributed by atoms with Crippen molar-refractivity contribution in [2.45, 2.75) is 5.62 Å². The van der Waals surface area contributed by atoms with Gasteiger partial charge in [-0.15, -0.1) is 0 Å². The summed E-state index contributed by atoms with van der Waals surface area (Å²) < 4.78 is 10.2. The van der Waals surface area contributed by atoms with Crippen molar-refractivity contribution < 1.29 is 9.47 Å². The summed E-state index contributed by atoms with van der Waals surface area (Å²) >= 11 is 4.76. The number of para-hydroxylation sites is 2. The number of fused-ring (bicyclic) bond motifs is 1. The van der Waals surface area contributed by atoms with Gasteiger partial charge in [0.25, 0.3) is 0 Å². The van der Waals surface area contributed by atoms with E-state index in [1.165, 1.54) is 0 Å². The second-order valence-corrected chi connectivity index (χ2v) is 2.36. The molecular formula is C7H5O2S. The molecule has 0 N–H and O–H groups in total. The Bertz CT molecular complexity index is 224. The molecule has 1 aromatic rings. The SMILES string of the molecule is [S]C1Oc2ccccc2O1. The van der Waals surface area contributed by atoms with E-state index in [0.717, 1.165) is 11.5 Å². The van der Waals surface area contributed by atoms with E-state index in [-0.39, 0.29) is 0 Å². The normalized spacial score (nSPS) is 15.7. The Morgan fingerprint density at radius 3 is 2.10 bits per heavy atom. The van der Waals surface area contributed by atoms with E-state index >= 15 is 0 Å². The van der Waals surface area contributed by atoms with Crippen LogP contribution in [0.3, 0.4) is 0 Å². The van der Waals surface area contributed by atoms with Gasteiger partial charge in [0.05, 0.1) is 0 Å². The summed E-state index contributed by atoms with van der Waals surface area (Å²) in [6, 6.07) is 7.44. The fourth-order valence-electron chi connectivity index (χ4n) is 0.876. The summed E-state index contributed by atoms with van der Waals surface area (Å²) in [6.45, 7) is 0. The minimum absolute atomic E-state index is 0.544. The first kappa shape index (κ1) is 5.92. The highest BCUT2D eigenvalue weighted by Crippen LogP contribution is 2.34. The van der Waals surface area contributed by atoms with Gasteiger partial charge in [0, 0.05) is 12.6 Å². The molecule has 0 spiro atoms. The molecular weight excluding hydrogens is 148 g/mol. The van der Waals surface area contributed by atoms with E-state index in [2.05, 4.69) is 0 Å². The van der Waals surface area contributed by atoms with Crippen molar-refractivity contribution in [3.05, 3.63) is 24.3 Å². The maximum Gasteiger partial charge on any atom is 0.301 e. The molecule has 2 nitrogen and oxygen atoms in total. The molecule has 3 heteroatoms. The lowest BCUT2D eigenvalue weighted by molar-refractivity contribution is 0.138. The highest BCUT2D eigenvalue weighted by Gasteiger charge is 2.19. The third-order valence-electron chi connectivity index (χ3n) is 1.30. The second-order valence-electron chi connectivity index (χ2n) is 1.97. The van der Waals surface area contributed by atoms with Crippen LogP contribution in [0.1, 0.15) is 0 Å². The Labute approximate surface area is 64.2 Å². The van der Waals surface area contributed by atoms with E-state index in [1.807, 2.05) is 24.3 Å². The van der Waals surface area contributed by atoms with Crippen LogP contribution in [-0.4, -0.2) is 5.62 Å². The van der Waals surface area contributed by atoms with Crippen molar-refractivity contribution in [1.29, 1.82) is 0 Å². The van der Waals surface area contributed by atoms with Crippen LogP contribution in [0.4, 0.5) is 0 Å². The van der Waals surface area contributed by atoms with Gasteiger partial charge >= 0.3 is 5.62 Å². The largest absolute Gasteiger partial charge is 0.441 e. The van der Waals surface area contributed by atoms with Crippen LogP contribution >= 0.6 is 12.6 Å². The highest BCUT2D eigenvalue weighted by atomic mass is 32.1. The molecule has 0 unspecified atom stereocenters. The van der Waals surface area contributed by atoms with E-state index in [9.17, 15) is 0 Å². The third kappa shape index (κ3) is 0.827. The molecule has 51 valence electrons. The van der Waals surface area contributed by atoms with Crippen molar-refractivity contribution in [1.82, 2.24) is 0 Å². The minimum Gasteiger partial charge on any atom is -0.441 e. The third-order valence-corrected chi connectivity index (χ3v) is 1.49. The summed E-state index contributed by atoms with van der Waals surface area (Å²) in [5.41, 5.74) is -0.544. The average molecular weight is 153 g/mol. The predicted molar refractivity (Wildman–Crippen MR) is 39.1 cm³/mol. The monoisotopic (exact) mass is 153 g/mol. The van der Waals surface area contributed by atoms with Gasteiger partial charge in [-0.1, -0.05) is 12.1 Å². The zero-order valence-electron chi connectivity index (χ0n) is 5.11. The van der Waals surface area contributed by atoms with Crippen molar-refractivity contribution in [3.8, 4) is 11.5 Å². The molecule has 1 aliphatic heterocycles. The summed E-state index contributed by atoms with van der Waals surface area (Å²) in [5.74, 6) is 1.48. The van der Waals surface area contributed by atoms with E-state index in [4.69, 9.17) is 22.1 Å². The molecule has 0 bridgehead atoms. The predicted octanol–water partition coefficient (Wildman–Crippen LogP) is 1.94. The quantitative estimate of drug-likeness (QED) is 0.567. The lowest BCUT2D eigenvalue weighted by atomic mass is 10.3. The zero-order valence-corrected chi connectivity index (χ0v) is 5.93. The zero-order chi connectivity index (χ0) is 6.97. The van der Waals surface area contributed by atoms with Gasteiger partial charge in [-0.05, 0) is 12.1 Å². The number of benzene rings is 1. The fraction of sp³-hybridized carbons (Fsp3) is 0.143. The first-order valence-electron chi connectivity index (χ1n) is 2.94. The van der Waals surface area contributed by atoms with Crippen molar-refractivity contribution in [2.75, 3.05) is 0 Å². The van der Waals surface area contributed by atoms with Gasteiger partial charge in [-0.3, -0.25) is 0 Å². The number of hydrogen-bond donors (Lipinski definition) is 0. The Hall–Kier alpha value is -0.830. The number of hydrogen-bond acceptors (Lipinski definition) is 2. The lowest BCUT2D eigenvalue weighted by Crippen LogP contribution is -2.07. The molecule has 1 aliphatic rings. The highest BCUT2D eigenvalue weighted by molar-refractivity contribution is 7.80. The summed E-state index contributed by atoms with van der Waals surface area (Å²) in [5, 5.41) is 0. The molecule has 0 saturated carbocycles. The van der Waals surface area contributed by atoms with Crippen LogP contribution < -0.4 is 9.47 Å². The molecule has 0 saturated heterocycles. The molecule has 2 rings (SSSR count). The van der Waals surface area contributed by atoms with Crippen molar-refractivity contribution in [2.24, 2.45) is 0 Å². The van der Waals surface area contributed by atoms with Crippen LogP contribution in [0.5, 0.6) is 11.5 Å². The molecule has 0 fully saturated rings. The number of rotatable bonds is 0. The van der Waals surface area contributed by atoms with Crippen LogP contribution in [0.2, 0.25) is 0 Å². The molecule has 1 radical (unpaired) electrons. The summed E-state index contributed by atoms with van der Waals surface area (Å²) in [4.78, 5) is 0. The molecule has 0 amide bonds. The van der Waals surface area contributed by atoms with Crippen molar-refractivity contribution in [3.63, 3.8) is 0 Å². The van der Waals surface area contributed by atoms with Crippen LogP contribution in [0.25, 0.3) is 0 Å². The Balaban J connectivity index is 2.42. The summed E-state index contributed by atoms with van der Waals surface area (Å²) in [7, 11) is 0. The second kappa shape index (κ2) is 2.09. The van der Waals surface area contributed by atoms with Crippen molar-refractivity contribution >= 4 is 12.6 Å². The minimum atomic E-state index is -0.544. The number of ether oxygens (including phenoxy) is 2. The standard InChI is InChI=1S/C7H5O2S/c10-7-8-5-3-1-2-4-6(5)9-7/h1-4,7H. The Morgan fingerprint density at radius 2 is 1.60 bits per heavy atom. The lowest BCUT2D eigenvalue weighted by Gasteiger charge is -1.97. The van der Waals surface area contributed by atoms with E-state index < -0.39 is 5.62 Å². The van der Waals surface area contributed by atoms with Crippen LogP contribution in [-0.2, 0) is 0 Å². The molecule has 0 aliphatic carbocycles. The fourth-order valence-corrected chi connectivity index (χ4v) is 1.08. The Kier molecular flexibility index (Phi) is 1.24. The Morgan fingerprint density at radius 1 is 1.10 bits per heavy atom. The molecule has 1 heterocycles. The average Bonchev–Trinajstić information content (AvgIpc) is 2.27. The molecule has 0 aromatic heterocycles. The first-order valence-corrected chi connectivity index (χ1v) is 3.41. The van der Waals surface area contributed by atoms with Crippen LogP contribution in [0, 0.1) is 0 Å². The maximum atomic E-state index is 5.10. The van der Waals surface area contributed by atoms with Crippen LogP contribution in [0.15, 0.2) is 24.3 Å². The van der Waals surface area contributed by atoms with Gasteiger partial charge in [-0.25, -0.2) is 0 Å². The van der Waals surface area contributed by atoms with E-state index in [0.29, 0.717) is 0 Å². The van der Waals surface area contributed by atoms with Gasteiger partial charge < -0.3 is 9.47 Å². The van der Waals surface area contributed by atoms with Gasteiger partial charge in [0.2, 0.25) is 0 Å². The first-order chi connectivity index (χ1) is 4.86. The smallest absolute Gasteiger partial charge is 0.301 e. The topological polar surface area (TPSA) is 18.5 Å². The van der Waals surface area contributed by atoms with Gasteiger partial charge in [0.15, 0.2) is 11.5 Å². The maximum absolute atomic E-state index is 5.10. The molecule has 0 atom stereocenters. The molecule has 10 heavy (non-hydrogen) atoms. The summed E-state index contributed by atoms with van der Waals surface area (Å²) in [6.07, 6.45) is 0. The molecule has 1 aromatic carbocycles. The van der Waals surface area contributed by atoms with Gasteiger partial charge in [0.1, 0.15) is 0 Å². The van der Waals surface area contributed by atoms with E-state index in [1.54, 1.807) is 0 Å².